The summed E-state index contributed by atoms with van der Waals surface area (Å²) in [6.07, 6.45) is 1.46. The van der Waals surface area contributed by atoms with Crippen molar-refractivity contribution >= 4 is 28.9 Å². The first-order valence-electron chi connectivity index (χ1n) is 6.66. The van der Waals surface area contributed by atoms with Crippen LogP contribution in [0.4, 0.5) is 11.4 Å². The first-order chi connectivity index (χ1) is 10.1. The summed E-state index contributed by atoms with van der Waals surface area (Å²) in [6, 6.07) is 12.3. The number of aliphatic hydroxyl groups is 1. The molecule has 21 heavy (non-hydrogen) atoms. The third kappa shape index (κ3) is 4.21. The number of hydrogen-bond donors (Lipinski definition) is 3. The highest BCUT2D eigenvalue weighted by molar-refractivity contribution is 6.31. The summed E-state index contributed by atoms with van der Waals surface area (Å²) >= 11 is 5.82. The van der Waals surface area contributed by atoms with E-state index in [1.807, 2.05) is 24.3 Å². The molecule has 0 heterocycles. The molecule has 110 valence electrons. The maximum atomic E-state index is 12.2. The van der Waals surface area contributed by atoms with Crippen molar-refractivity contribution in [3.8, 4) is 0 Å². The van der Waals surface area contributed by atoms with Gasteiger partial charge < -0.3 is 16.2 Å². The highest BCUT2D eigenvalue weighted by Gasteiger charge is 2.10. The number of nitrogens with two attached hydrogens (primary N) is 1. The third-order valence-corrected chi connectivity index (χ3v) is 3.30. The Morgan fingerprint density at radius 2 is 2.05 bits per heavy atom. The van der Waals surface area contributed by atoms with E-state index in [9.17, 15) is 4.79 Å². The Morgan fingerprint density at radius 1 is 1.24 bits per heavy atom. The number of benzene rings is 2. The minimum absolute atomic E-state index is 0.151. The summed E-state index contributed by atoms with van der Waals surface area (Å²) in [4.78, 5) is 12.2. The van der Waals surface area contributed by atoms with E-state index in [4.69, 9.17) is 22.4 Å². The van der Waals surface area contributed by atoms with Crippen molar-refractivity contribution in [2.24, 2.45) is 0 Å². The molecule has 0 aliphatic rings. The van der Waals surface area contributed by atoms with Crippen molar-refractivity contribution in [1.29, 1.82) is 0 Å². The maximum Gasteiger partial charge on any atom is 0.257 e. The van der Waals surface area contributed by atoms with Gasteiger partial charge in [0.1, 0.15) is 0 Å². The van der Waals surface area contributed by atoms with Crippen LogP contribution in [-0.2, 0) is 6.42 Å². The van der Waals surface area contributed by atoms with Crippen LogP contribution in [0.1, 0.15) is 22.3 Å². The highest BCUT2D eigenvalue weighted by atomic mass is 35.5. The Balaban J connectivity index is 2.12. The molecule has 2 aromatic carbocycles. The fourth-order valence-corrected chi connectivity index (χ4v) is 2.21. The molecule has 5 heteroatoms. The quantitative estimate of drug-likeness (QED) is 0.743. The van der Waals surface area contributed by atoms with Crippen LogP contribution in [0.5, 0.6) is 0 Å². The van der Waals surface area contributed by atoms with Gasteiger partial charge in [0, 0.05) is 23.0 Å². The van der Waals surface area contributed by atoms with E-state index in [1.54, 1.807) is 18.2 Å². The average Bonchev–Trinajstić information content (AvgIpc) is 2.45. The second kappa shape index (κ2) is 7.11. The summed E-state index contributed by atoms with van der Waals surface area (Å²) in [7, 11) is 0. The van der Waals surface area contributed by atoms with Crippen LogP contribution < -0.4 is 11.1 Å². The molecule has 0 saturated heterocycles. The molecule has 0 aliphatic carbocycles. The molecular weight excluding hydrogens is 288 g/mol. The largest absolute Gasteiger partial charge is 0.398 e. The van der Waals surface area contributed by atoms with Gasteiger partial charge in [0.2, 0.25) is 0 Å². The van der Waals surface area contributed by atoms with Crippen LogP contribution in [0, 0.1) is 0 Å². The molecule has 1 amide bonds. The van der Waals surface area contributed by atoms with Crippen molar-refractivity contribution in [1.82, 2.24) is 0 Å². The number of rotatable bonds is 5. The normalized spacial score (nSPS) is 10.4. The lowest BCUT2D eigenvalue weighted by Crippen LogP contribution is -2.14. The lowest BCUT2D eigenvalue weighted by atomic mass is 10.1. The zero-order valence-corrected chi connectivity index (χ0v) is 12.2. The van der Waals surface area contributed by atoms with Crippen molar-refractivity contribution in [3.63, 3.8) is 0 Å². The van der Waals surface area contributed by atoms with Gasteiger partial charge in [-0.3, -0.25) is 4.79 Å². The van der Waals surface area contributed by atoms with Gasteiger partial charge in [-0.25, -0.2) is 0 Å². The lowest BCUT2D eigenvalue weighted by molar-refractivity contribution is 0.102. The first kappa shape index (κ1) is 15.4. The Bertz CT molecular complexity index is 644. The summed E-state index contributed by atoms with van der Waals surface area (Å²) in [5, 5.41) is 12.2. The third-order valence-electron chi connectivity index (χ3n) is 3.07. The predicted molar refractivity (Wildman–Crippen MR) is 85.7 cm³/mol. The van der Waals surface area contributed by atoms with Gasteiger partial charge in [0.15, 0.2) is 0 Å². The number of halogens is 1. The van der Waals surface area contributed by atoms with Crippen LogP contribution in [0.15, 0.2) is 42.5 Å². The van der Waals surface area contributed by atoms with E-state index in [0.29, 0.717) is 28.4 Å². The Hall–Kier alpha value is -2.04. The topological polar surface area (TPSA) is 75.4 Å². The molecule has 4 nitrogen and oxygen atoms in total. The standard InChI is InChI=1S/C16H17ClN2O2/c17-12-6-7-14(15(18)10-12)16(21)19-13-5-1-3-11(9-13)4-2-8-20/h1,3,5-7,9-10,20H,2,4,8,18H2,(H,19,21). The number of amides is 1. The van der Waals surface area contributed by atoms with Crippen LogP contribution in [0.3, 0.4) is 0 Å². The minimum Gasteiger partial charge on any atom is -0.398 e. The molecule has 4 N–H and O–H groups in total. The highest BCUT2D eigenvalue weighted by Crippen LogP contribution is 2.20. The maximum absolute atomic E-state index is 12.2. The number of nitrogen functional groups attached to an aromatic ring is 1. The van der Waals surface area contributed by atoms with Crippen LogP contribution in [0.2, 0.25) is 5.02 Å². The lowest BCUT2D eigenvalue weighted by Gasteiger charge is -2.09. The monoisotopic (exact) mass is 304 g/mol. The van der Waals surface area contributed by atoms with Crippen molar-refractivity contribution in [2.75, 3.05) is 17.7 Å². The molecule has 0 saturated carbocycles. The molecular formula is C16H17ClN2O2. The summed E-state index contributed by atoms with van der Waals surface area (Å²) in [5.74, 6) is -0.275. The zero-order chi connectivity index (χ0) is 15.2. The number of carbonyl (C=O) groups excluding carboxylic acids is 1. The molecule has 0 bridgehead atoms. The molecule has 0 fully saturated rings. The fourth-order valence-electron chi connectivity index (χ4n) is 2.03. The fraction of sp³-hybridized carbons (Fsp3) is 0.188. The van der Waals surface area contributed by atoms with E-state index in [-0.39, 0.29) is 12.5 Å². The Labute approximate surface area is 128 Å². The summed E-state index contributed by atoms with van der Waals surface area (Å²) in [6.45, 7) is 0.151. The van der Waals surface area contributed by atoms with Gasteiger partial charge >= 0.3 is 0 Å². The van der Waals surface area contributed by atoms with Crippen molar-refractivity contribution in [3.05, 3.63) is 58.6 Å². The van der Waals surface area contributed by atoms with E-state index in [2.05, 4.69) is 5.32 Å². The van der Waals surface area contributed by atoms with Gasteiger partial charge in [0.25, 0.3) is 5.91 Å². The molecule has 0 atom stereocenters. The van der Waals surface area contributed by atoms with Gasteiger partial charge in [-0.05, 0) is 48.7 Å². The van der Waals surface area contributed by atoms with Gasteiger partial charge in [0.05, 0.1) is 5.56 Å². The average molecular weight is 305 g/mol. The van der Waals surface area contributed by atoms with Crippen molar-refractivity contribution in [2.45, 2.75) is 12.8 Å². The minimum atomic E-state index is -0.275. The summed E-state index contributed by atoms with van der Waals surface area (Å²) in [5.41, 5.74) is 8.29. The predicted octanol–water partition coefficient (Wildman–Crippen LogP) is 3.10. The summed E-state index contributed by atoms with van der Waals surface area (Å²) < 4.78 is 0. The second-order valence-electron chi connectivity index (χ2n) is 4.71. The van der Waals surface area contributed by atoms with Gasteiger partial charge in [-0.1, -0.05) is 23.7 Å². The SMILES string of the molecule is Nc1cc(Cl)ccc1C(=O)Nc1cccc(CCCO)c1. The first-order valence-corrected chi connectivity index (χ1v) is 7.04. The molecule has 0 radical (unpaired) electrons. The number of aliphatic hydroxyl groups excluding tert-OH is 1. The number of carbonyl (C=O) groups is 1. The van der Waals surface area contributed by atoms with E-state index < -0.39 is 0 Å². The second-order valence-corrected chi connectivity index (χ2v) is 5.15. The molecule has 0 aliphatic heterocycles. The zero-order valence-electron chi connectivity index (χ0n) is 11.5. The van der Waals surface area contributed by atoms with Gasteiger partial charge in [-0.2, -0.15) is 0 Å². The number of aryl methyl sites for hydroxylation is 1. The number of nitrogens with one attached hydrogen (secondary N) is 1. The van der Waals surface area contributed by atoms with Crippen LogP contribution in [-0.4, -0.2) is 17.6 Å². The van der Waals surface area contributed by atoms with Crippen molar-refractivity contribution < 1.29 is 9.90 Å². The Morgan fingerprint density at radius 3 is 2.76 bits per heavy atom. The molecule has 0 spiro atoms. The van der Waals surface area contributed by atoms with Crippen LogP contribution in [0.25, 0.3) is 0 Å². The smallest absolute Gasteiger partial charge is 0.257 e. The number of hydrogen-bond acceptors (Lipinski definition) is 3. The molecule has 2 rings (SSSR count). The number of anilines is 2. The van der Waals surface area contributed by atoms with E-state index in [1.165, 1.54) is 0 Å². The Kier molecular flexibility index (Phi) is 5.20. The molecule has 0 unspecified atom stereocenters. The van der Waals surface area contributed by atoms with Crippen LogP contribution >= 0.6 is 11.6 Å². The van der Waals surface area contributed by atoms with E-state index >= 15 is 0 Å². The molecule has 0 aromatic heterocycles. The van der Waals surface area contributed by atoms with E-state index in [0.717, 1.165) is 12.0 Å². The van der Waals surface area contributed by atoms with Gasteiger partial charge in [-0.15, -0.1) is 0 Å². The molecule has 2 aromatic rings.